The summed E-state index contributed by atoms with van der Waals surface area (Å²) in [5.74, 6) is -0.451. The Bertz CT molecular complexity index is 628. The Morgan fingerprint density at radius 1 is 1.10 bits per heavy atom. The summed E-state index contributed by atoms with van der Waals surface area (Å²) in [5.41, 5.74) is 2.96. The second kappa shape index (κ2) is 7.80. The molecule has 0 saturated heterocycles. The molecule has 0 amide bonds. The van der Waals surface area contributed by atoms with E-state index in [1.165, 1.54) is 6.21 Å². The molecular weight excluding hydrogens is 262 g/mol. The van der Waals surface area contributed by atoms with Crippen LogP contribution in [0.5, 0.6) is 0 Å². The molecule has 0 fully saturated rings. The van der Waals surface area contributed by atoms with Crippen molar-refractivity contribution in [2.45, 2.75) is 6.92 Å². The highest BCUT2D eigenvalue weighted by molar-refractivity contribution is 6.23. The third-order valence-electron chi connectivity index (χ3n) is 2.78. The second-order valence-electron chi connectivity index (χ2n) is 4.54. The maximum Gasteiger partial charge on any atom is 0.349 e. The summed E-state index contributed by atoms with van der Waals surface area (Å²) < 4.78 is 5.03. The van der Waals surface area contributed by atoms with Crippen molar-refractivity contribution in [3.8, 4) is 0 Å². The quantitative estimate of drug-likeness (QED) is 0.614. The summed E-state index contributed by atoms with van der Waals surface area (Å²) in [6, 6.07) is 17.4. The largest absolute Gasteiger partial charge is 0.457 e. The van der Waals surface area contributed by atoms with Crippen molar-refractivity contribution in [3.63, 3.8) is 0 Å². The number of hydrogen-bond acceptors (Lipinski definition) is 3. The number of aryl methyl sites for hydroxylation is 1. The van der Waals surface area contributed by atoms with Gasteiger partial charge in [-0.15, -0.1) is 0 Å². The van der Waals surface area contributed by atoms with E-state index in [0.717, 1.165) is 16.8 Å². The van der Waals surface area contributed by atoms with Crippen LogP contribution >= 0.6 is 0 Å². The Morgan fingerprint density at radius 3 is 2.52 bits per heavy atom. The normalized spacial score (nSPS) is 11.1. The minimum absolute atomic E-state index is 0.230. The molecule has 0 N–H and O–H groups in total. The number of benzene rings is 2. The molecule has 2 aromatic rings. The Labute approximate surface area is 124 Å². The van der Waals surface area contributed by atoms with Gasteiger partial charge in [-0.2, -0.15) is 0 Å². The molecule has 3 heteroatoms. The maximum absolute atomic E-state index is 11.5. The lowest BCUT2D eigenvalue weighted by molar-refractivity contribution is -0.133. The number of hydrogen-bond donors (Lipinski definition) is 0. The summed E-state index contributed by atoms with van der Waals surface area (Å²) in [6.07, 6.45) is 4.90. The lowest BCUT2D eigenvalue weighted by atomic mass is 10.2. The third kappa shape index (κ3) is 5.45. The number of nitrogens with zero attached hydrogens (tertiary/aromatic N) is 1. The highest BCUT2D eigenvalue weighted by Gasteiger charge is 1.96. The van der Waals surface area contributed by atoms with Gasteiger partial charge in [0.2, 0.25) is 0 Å². The van der Waals surface area contributed by atoms with Gasteiger partial charge >= 0.3 is 5.97 Å². The SMILES string of the molecule is Cc1ccc(N=CC(=O)OC/C=C/c2ccccc2)cc1. The van der Waals surface area contributed by atoms with Crippen molar-refractivity contribution in [2.75, 3.05) is 6.61 Å². The zero-order valence-corrected chi connectivity index (χ0v) is 11.9. The van der Waals surface area contributed by atoms with E-state index >= 15 is 0 Å². The van der Waals surface area contributed by atoms with E-state index in [2.05, 4.69) is 4.99 Å². The molecule has 0 aromatic heterocycles. The fourth-order valence-corrected chi connectivity index (χ4v) is 1.67. The summed E-state index contributed by atoms with van der Waals surface area (Å²) in [4.78, 5) is 15.5. The molecule has 0 spiro atoms. The number of carbonyl (C=O) groups excluding carboxylic acids is 1. The predicted molar refractivity (Wildman–Crippen MR) is 85.8 cm³/mol. The molecule has 0 radical (unpaired) electrons. The molecule has 0 bridgehead atoms. The maximum atomic E-state index is 11.5. The van der Waals surface area contributed by atoms with E-state index < -0.39 is 5.97 Å². The molecule has 0 saturated carbocycles. The van der Waals surface area contributed by atoms with E-state index in [4.69, 9.17) is 4.74 Å². The topological polar surface area (TPSA) is 38.7 Å². The summed E-state index contributed by atoms with van der Waals surface area (Å²) >= 11 is 0. The van der Waals surface area contributed by atoms with Gasteiger partial charge in [-0.1, -0.05) is 54.1 Å². The van der Waals surface area contributed by atoms with E-state index in [-0.39, 0.29) is 6.61 Å². The monoisotopic (exact) mass is 279 g/mol. The van der Waals surface area contributed by atoms with Crippen LogP contribution < -0.4 is 0 Å². The van der Waals surface area contributed by atoms with E-state index in [1.807, 2.05) is 67.6 Å². The molecule has 2 rings (SSSR count). The van der Waals surface area contributed by atoms with Gasteiger partial charge in [0.05, 0.1) is 5.69 Å². The first kappa shape index (κ1) is 14.7. The van der Waals surface area contributed by atoms with Gasteiger partial charge < -0.3 is 4.74 Å². The molecule has 0 unspecified atom stereocenters. The van der Waals surface area contributed by atoms with Crippen LogP contribution in [0.3, 0.4) is 0 Å². The van der Waals surface area contributed by atoms with Crippen LogP contribution in [0.1, 0.15) is 11.1 Å². The molecule has 0 heterocycles. The van der Waals surface area contributed by atoms with Gasteiger partial charge in [0.15, 0.2) is 0 Å². The fraction of sp³-hybridized carbons (Fsp3) is 0.111. The standard InChI is InChI=1S/C18H17NO2/c1-15-9-11-17(12-10-15)19-14-18(20)21-13-5-8-16-6-3-2-4-7-16/h2-12,14H,13H2,1H3/b8-5+,19-14?. The third-order valence-corrected chi connectivity index (χ3v) is 2.78. The van der Waals surface area contributed by atoms with Gasteiger partial charge in [-0.25, -0.2) is 9.79 Å². The smallest absolute Gasteiger partial charge is 0.349 e. The summed E-state index contributed by atoms with van der Waals surface area (Å²) in [5, 5.41) is 0. The molecule has 3 nitrogen and oxygen atoms in total. The molecule has 2 aromatic carbocycles. The molecule has 0 aliphatic heterocycles. The lowest BCUT2D eigenvalue weighted by Gasteiger charge is -1.97. The van der Waals surface area contributed by atoms with E-state index in [9.17, 15) is 4.79 Å². The summed E-state index contributed by atoms with van der Waals surface area (Å²) in [6.45, 7) is 2.23. The Hall–Kier alpha value is -2.68. The number of esters is 1. The molecule has 0 aliphatic rings. The second-order valence-corrected chi connectivity index (χ2v) is 4.54. The van der Waals surface area contributed by atoms with Gasteiger partial charge in [0, 0.05) is 0 Å². The molecule has 0 atom stereocenters. The van der Waals surface area contributed by atoms with Crippen LogP contribution in [-0.2, 0) is 9.53 Å². The van der Waals surface area contributed by atoms with E-state index in [1.54, 1.807) is 6.08 Å². The Kier molecular flexibility index (Phi) is 5.47. The van der Waals surface area contributed by atoms with Gasteiger partial charge in [0.25, 0.3) is 0 Å². The first-order valence-corrected chi connectivity index (χ1v) is 6.73. The number of ether oxygens (including phenoxy) is 1. The molecular formula is C18H17NO2. The van der Waals surface area contributed by atoms with Gasteiger partial charge in [0.1, 0.15) is 12.8 Å². The van der Waals surface area contributed by atoms with Crippen molar-refractivity contribution in [1.29, 1.82) is 0 Å². The minimum atomic E-state index is -0.451. The summed E-state index contributed by atoms with van der Waals surface area (Å²) in [7, 11) is 0. The number of carbonyl (C=O) groups is 1. The van der Waals surface area contributed by atoms with Gasteiger partial charge in [-0.3, -0.25) is 0 Å². The highest BCUT2D eigenvalue weighted by atomic mass is 16.5. The lowest BCUT2D eigenvalue weighted by Crippen LogP contribution is -2.05. The van der Waals surface area contributed by atoms with Crippen molar-refractivity contribution < 1.29 is 9.53 Å². The van der Waals surface area contributed by atoms with Crippen molar-refractivity contribution >= 4 is 23.9 Å². The molecule has 106 valence electrons. The van der Waals surface area contributed by atoms with Crippen LogP contribution in [0, 0.1) is 6.92 Å². The first-order valence-electron chi connectivity index (χ1n) is 6.73. The number of rotatable bonds is 5. The minimum Gasteiger partial charge on any atom is -0.457 e. The average Bonchev–Trinajstić information content (AvgIpc) is 2.52. The number of aliphatic imine (C=N–C) groups is 1. The van der Waals surface area contributed by atoms with Crippen LogP contribution in [-0.4, -0.2) is 18.8 Å². The highest BCUT2D eigenvalue weighted by Crippen LogP contribution is 2.11. The van der Waals surface area contributed by atoms with E-state index in [0.29, 0.717) is 0 Å². The zero-order chi connectivity index (χ0) is 14.9. The molecule has 0 aliphatic carbocycles. The Morgan fingerprint density at radius 2 is 1.81 bits per heavy atom. The van der Waals surface area contributed by atoms with Crippen LogP contribution in [0.15, 0.2) is 65.7 Å². The fourth-order valence-electron chi connectivity index (χ4n) is 1.67. The zero-order valence-electron chi connectivity index (χ0n) is 11.9. The molecule has 21 heavy (non-hydrogen) atoms. The van der Waals surface area contributed by atoms with Crippen LogP contribution in [0.2, 0.25) is 0 Å². The van der Waals surface area contributed by atoms with Crippen LogP contribution in [0.25, 0.3) is 6.08 Å². The predicted octanol–water partition coefficient (Wildman–Crippen LogP) is 3.95. The Balaban J connectivity index is 1.77. The van der Waals surface area contributed by atoms with Crippen molar-refractivity contribution in [2.24, 2.45) is 4.99 Å². The van der Waals surface area contributed by atoms with Crippen LogP contribution in [0.4, 0.5) is 5.69 Å². The van der Waals surface area contributed by atoms with Gasteiger partial charge in [-0.05, 0) is 30.7 Å². The van der Waals surface area contributed by atoms with Crippen molar-refractivity contribution in [1.82, 2.24) is 0 Å². The first-order chi connectivity index (χ1) is 10.2. The van der Waals surface area contributed by atoms with Crippen molar-refractivity contribution in [3.05, 3.63) is 71.8 Å². The average molecular weight is 279 g/mol.